The van der Waals surface area contributed by atoms with E-state index in [-0.39, 0.29) is 5.54 Å². The Morgan fingerprint density at radius 3 is 1.78 bits per heavy atom. The molecular weight excluding hydrogens is 222 g/mol. The van der Waals surface area contributed by atoms with Crippen LogP contribution in [0.25, 0.3) is 0 Å². The summed E-state index contributed by atoms with van der Waals surface area (Å²) in [5.74, 6) is 0. The number of nitrogens with two attached hydrogens (primary N) is 1. The van der Waals surface area contributed by atoms with E-state index < -0.39 is 0 Å². The minimum Gasteiger partial charge on any atom is -0.322 e. The minimum atomic E-state index is -0.324. The van der Waals surface area contributed by atoms with Crippen LogP contribution in [0.4, 0.5) is 11.4 Å². The van der Waals surface area contributed by atoms with E-state index in [9.17, 15) is 0 Å². The maximum Gasteiger partial charge on any atom is 0.0857 e. The standard InChI is InChI=1S/C15H17N3/c1-15(2,16)12-8-10-14(11-9-12)18-17-13-6-4-3-5-7-13/h3-11H,16H2,1-2H3. The lowest BCUT2D eigenvalue weighted by atomic mass is 9.96. The second kappa shape index (κ2) is 5.10. The molecule has 3 nitrogen and oxygen atoms in total. The van der Waals surface area contributed by atoms with Gasteiger partial charge in [0.15, 0.2) is 0 Å². The number of hydrogen-bond acceptors (Lipinski definition) is 3. The Hall–Kier alpha value is -2.00. The Labute approximate surface area is 107 Å². The van der Waals surface area contributed by atoms with Crippen LogP contribution in [0.3, 0.4) is 0 Å². The molecule has 0 heterocycles. The van der Waals surface area contributed by atoms with Gasteiger partial charge in [-0.1, -0.05) is 30.3 Å². The second-order valence-electron chi connectivity index (χ2n) is 4.80. The average Bonchev–Trinajstić information content (AvgIpc) is 2.37. The normalized spacial score (nSPS) is 11.9. The Kier molecular flexibility index (Phi) is 3.53. The predicted molar refractivity (Wildman–Crippen MR) is 74.3 cm³/mol. The third kappa shape index (κ3) is 3.25. The highest BCUT2D eigenvalue weighted by Crippen LogP contribution is 2.22. The first-order valence-corrected chi connectivity index (χ1v) is 5.92. The highest BCUT2D eigenvalue weighted by molar-refractivity contribution is 5.42. The molecule has 18 heavy (non-hydrogen) atoms. The smallest absolute Gasteiger partial charge is 0.0857 e. The molecule has 0 aliphatic rings. The zero-order valence-corrected chi connectivity index (χ0v) is 10.7. The number of hydrogen-bond donors (Lipinski definition) is 1. The van der Waals surface area contributed by atoms with Gasteiger partial charge in [0.1, 0.15) is 0 Å². The van der Waals surface area contributed by atoms with E-state index in [2.05, 4.69) is 10.2 Å². The molecule has 3 heteroatoms. The van der Waals surface area contributed by atoms with E-state index >= 15 is 0 Å². The van der Waals surface area contributed by atoms with Crippen molar-refractivity contribution in [1.82, 2.24) is 0 Å². The minimum absolute atomic E-state index is 0.324. The summed E-state index contributed by atoms with van der Waals surface area (Å²) in [6.45, 7) is 3.96. The van der Waals surface area contributed by atoms with Crippen molar-refractivity contribution in [3.05, 3.63) is 60.2 Å². The maximum absolute atomic E-state index is 6.02. The number of rotatable bonds is 3. The van der Waals surface area contributed by atoms with Gasteiger partial charge < -0.3 is 5.73 Å². The van der Waals surface area contributed by atoms with Crippen molar-refractivity contribution in [3.8, 4) is 0 Å². The van der Waals surface area contributed by atoms with E-state index in [1.807, 2.05) is 68.4 Å². The summed E-state index contributed by atoms with van der Waals surface area (Å²) >= 11 is 0. The molecule has 2 aromatic carbocycles. The van der Waals surface area contributed by atoms with Gasteiger partial charge in [0.05, 0.1) is 11.4 Å². The van der Waals surface area contributed by atoms with Gasteiger partial charge in [0, 0.05) is 5.54 Å². The molecule has 0 atom stereocenters. The fourth-order valence-electron chi connectivity index (χ4n) is 1.57. The molecule has 2 aromatic rings. The number of nitrogens with zero attached hydrogens (tertiary/aromatic N) is 2. The third-order valence-electron chi connectivity index (χ3n) is 2.65. The molecule has 92 valence electrons. The van der Waals surface area contributed by atoms with E-state index in [0.29, 0.717) is 0 Å². The Balaban J connectivity index is 2.14. The number of azo groups is 1. The van der Waals surface area contributed by atoms with Gasteiger partial charge in [-0.3, -0.25) is 0 Å². The molecule has 2 N–H and O–H groups in total. The quantitative estimate of drug-likeness (QED) is 0.798. The highest BCUT2D eigenvalue weighted by Gasteiger charge is 2.12. The summed E-state index contributed by atoms with van der Waals surface area (Å²) in [6, 6.07) is 17.5. The van der Waals surface area contributed by atoms with Gasteiger partial charge in [-0.2, -0.15) is 10.2 Å². The van der Waals surface area contributed by atoms with Crippen LogP contribution in [0.2, 0.25) is 0 Å². The molecule has 0 radical (unpaired) electrons. The summed E-state index contributed by atoms with van der Waals surface area (Å²) in [4.78, 5) is 0. The van der Waals surface area contributed by atoms with Crippen molar-refractivity contribution < 1.29 is 0 Å². The first-order valence-electron chi connectivity index (χ1n) is 5.92. The van der Waals surface area contributed by atoms with Crippen LogP contribution in [0.5, 0.6) is 0 Å². The van der Waals surface area contributed by atoms with Crippen LogP contribution in [-0.2, 0) is 5.54 Å². The van der Waals surface area contributed by atoms with Gasteiger partial charge in [0.25, 0.3) is 0 Å². The van der Waals surface area contributed by atoms with Crippen LogP contribution < -0.4 is 5.73 Å². The van der Waals surface area contributed by atoms with Crippen LogP contribution in [0.15, 0.2) is 64.8 Å². The molecule has 0 aliphatic carbocycles. The average molecular weight is 239 g/mol. The molecule has 0 bridgehead atoms. The maximum atomic E-state index is 6.02. The van der Waals surface area contributed by atoms with Crippen LogP contribution in [0, 0.1) is 0 Å². The van der Waals surface area contributed by atoms with Crippen LogP contribution in [0.1, 0.15) is 19.4 Å². The molecule has 0 amide bonds. The summed E-state index contributed by atoms with van der Waals surface area (Å²) < 4.78 is 0. The molecule has 0 aliphatic heterocycles. The van der Waals surface area contributed by atoms with Crippen LogP contribution in [-0.4, -0.2) is 0 Å². The Morgan fingerprint density at radius 1 is 0.778 bits per heavy atom. The monoisotopic (exact) mass is 239 g/mol. The predicted octanol–water partition coefficient (Wildman–Crippen LogP) is 4.30. The number of benzene rings is 2. The van der Waals surface area contributed by atoms with E-state index in [4.69, 9.17) is 5.73 Å². The zero-order chi connectivity index (χ0) is 13.0. The van der Waals surface area contributed by atoms with Gasteiger partial charge in [-0.25, -0.2) is 0 Å². The SMILES string of the molecule is CC(C)(N)c1ccc(N=Nc2ccccc2)cc1. The lowest BCUT2D eigenvalue weighted by Crippen LogP contribution is -2.28. The summed E-state index contributed by atoms with van der Waals surface area (Å²) in [5, 5.41) is 8.35. The van der Waals surface area contributed by atoms with Crippen LogP contribution >= 0.6 is 0 Å². The van der Waals surface area contributed by atoms with Crippen molar-refractivity contribution in [2.24, 2.45) is 16.0 Å². The highest BCUT2D eigenvalue weighted by atomic mass is 15.1. The summed E-state index contributed by atoms with van der Waals surface area (Å²) in [5.41, 5.74) is 8.45. The van der Waals surface area contributed by atoms with E-state index in [0.717, 1.165) is 16.9 Å². The van der Waals surface area contributed by atoms with Crippen molar-refractivity contribution in [2.45, 2.75) is 19.4 Å². The first kappa shape index (κ1) is 12.5. The van der Waals surface area contributed by atoms with Crippen molar-refractivity contribution in [2.75, 3.05) is 0 Å². The molecule has 2 rings (SSSR count). The van der Waals surface area contributed by atoms with E-state index in [1.54, 1.807) is 0 Å². The van der Waals surface area contributed by atoms with Crippen molar-refractivity contribution in [1.29, 1.82) is 0 Å². The summed E-state index contributed by atoms with van der Waals surface area (Å²) in [6.07, 6.45) is 0. The largest absolute Gasteiger partial charge is 0.322 e. The first-order chi connectivity index (χ1) is 8.55. The summed E-state index contributed by atoms with van der Waals surface area (Å²) in [7, 11) is 0. The van der Waals surface area contributed by atoms with Crippen molar-refractivity contribution >= 4 is 11.4 Å². The van der Waals surface area contributed by atoms with Gasteiger partial charge in [-0.05, 0) is 43.7 Å². The Bertz CT molecular complexity index is 522. The fourth-order valence-corrected chi connectivity index (χ4v) is 1.57. The molecule has 0 saturated heterocycles. The van der Waals surface area contributed by atoms with Gasteiger partial charge >= 0.3 is 0 Å². The fraction of sp³-hybridized carbons (Fsp3) is 0.200. The molecular formula is C15H17N3. The molecule has 0 saturated carbocycles. The molecule has 0 unspecified atom stereocenters. The molecule has 0 fully saturated rings. The third-order valence-corrected chi connectivity index (χ3v) is 2.65. The Morgan fingerprint density at radius 2 is 1.28 bits per heavy atom. The lowest BCUT2D eigenvalue weighted by Gasteiger charge is -2.18. The second-order valence-corrected chi connectivity index (χ2v) is 4.80. The molecule has 0 aromatic heterocycles. The zero-order valence-electron chi connectivity index (χ0n) is 10.7. The lowest BCUT2D eigenvalue weighted by molar-refractivity contribution is 0.554. The molecule has 0 spiro atoms. The van der Waals surface area contributed by atoms with Gasteiger partial charge in [0.2, 0.25) is 0 Å². The topological polar surface area (TPSA) is 50.7 Å². The van der Waals surface area contributed by atoms with Gasteiger partial charge in [-0.15, -0.1) is 0 Å². The van der Waals surface area contributed by atoms with E-state index in [1.165, 1.54) is 0 Å². The van der Waals surface area contributed by atoms with Crippen molar-refractivity contribution in [3.63, 3.8) is 0 Å².